The van der Waals surface area contributed by atoms with Gasteiger partial charge in [0.25, 0.3) is 0 Å². The summed E-state index contributed by atoms with van der Waals surface area (Å²) in [4.78, 5) is 23.2. The second-order valence-electron chi connectivity index (χ2n) is 5.17. The number of rotatable bonds is 3. The van der Waals surface area contributed by atoms with Crippen molar-refractivity contribution in [2.75, 3.05) is 0 Å². The van der Waals surface area contributed by atoms with Gasteiger partial charge in [-0.05, 0) is 27.7 Å². The molecular weight excluding hydrogens is 232 g/mol. The van der Waals surface area contributed by atoms with E-state index in [1.54, 1.807) is 27.7 Å². The van der Waals surface area contributed by atoms with Gasteiger partial charge >= 0.3 is 6.09 Å². The highest BCUT2D eigenvalue weighted by Crippen LogP contribution is 2.06. The van der Waals surface area contributed by atoms with Crippen molar-refractivity contribution in [2.24, 2.45) is 0 Å². The van der Waals surface area contributed by atoms with E-state index in [0.717, 1.165) is 0 Å². The summed E-state index contributed by atoms with van der Waals surface area (Å²) >= 11 is 0. The van der Waals surface area contributed by atoms with Crippen LogP contribution in [0.2, 0.25) is 0 Å². The number of allylic oxidation sites excluding steroid dienone is 2. The highest BCUT2D eigenvalue weighted by molar-refractivity contribution is 5.85. The molecule has 1 atom stereocenters. The first-order valence-electron chi connectivity index (χ1n) is 5.93. The monoisotopic (exact) mass is 252 g/mol. The molecule has 0 heterocycles. The molecule has 18 heavy (non-hydrogen) atoms. The topological polar surface area (TPSA) is 67.4 Å². The first-order chi connectivity index (χ1) is 8.28. The molecule has 2 amide bonds. The van der Waals surface area contributed by atoms with E-state index >= 15 is 0 Å². The van der Waals surface area contributed by atoms with Crippen LogP contribution in [0.5, 0.6) is 0 Å². The van der Waals surface area contributed by atoms with Gasteiger partial charge in [0.05, 0.1) is 6.04 Å². The van der Waals surface area contributed by atoms with Gasteiger partial charge in [-0.25, -0.2) is 4.79 Å². The standard InChI is InChI=1S/C13H20N2O3/c1-9(14-12(17)18-13(2,3)4)11(16)15-10-7-5-6-8-10/h5-10H,1-4H3,(H,14,17)(H,15,16)/t9-/m1/s1. The molecule has 100 valence electrons. The van der Waals surface area contributed by atoms with Crippen LogP contribution in [-0.2, 0) is 9.53 Å². The smallest absolute Gasteiger partial charge is 0.408 e. The Morgan fingerprint density at radius 3 is 2.28 bits per heavy atom. The Labute approximate surface area is 107 Å². The fraction of sp³-hybridized carbons (Fsp3) is 0.538. The zero-order valence-corrected chi connectivity index (χ0v) is 11.2. The highest BCUT2D eigenvalue weighted by Gasteiger charge is 2.21. The second-order valence-corrected chi connectivity index (χ2v) is 5.17. The summed E-state index contributed by atoms with van der Waals surface area (Å²) in [6.07, 6.45) is 6.84. The van der Waals surface area contributed by atoms with Crippen LogP contribution in [0.4, 0.5) is 4.79 Å². The molecule has 0 fully saturated rings. The minimum Gasteiger partial charge on any atom is -0.444 e. The van der Waals surface area contributed by atoms with Gasteiger partial charge in [-0.15, -0.1) is 0 Å². The molecule has 0 radical (unpaired) electrons. The third kappa shape index (κ3) is 5.03. The minimum atomic E-state index is -0.637. The van der Waals surface area contributed by atoms with Crippen LogP contribution in [0.15, 0.2) is 24.3 Å². The van der Waals surface area contributed by atoms with Crippen LogP contribution in [-0.4, -0.2) is 29.7 Å². The van der Waals surface area contributed by atoms with Crippen molar-refractivity contribution in [3.63, 3.8) is 0 Å². The van der Waals surface area contributed by atoms with Crippen molar-refractivity contribution in [2.45, 2.75) is 45.4 Å². The molecule has 1 aliphatic rings. The van der Waals surface area contributed by atoms with Gasteiger partial charge in [-0.3, -0.25) is 4.79 Å². The van der Waals surface area contributed by atoms with Gasteiger partial charge in [0, 0.05) is 0 Å². The molecular formula is C13H20N2O3. The summed E-state index contributed by atoms with van der Waals surface area (Å²) in [5.74, 6) is -0.248. The van der Waals surface area contributed by atoms with E-state index in [1.807, 2.05) is 24.3 Å². The lowest BCUT2D eigenvalue weighted by Crippen LogP contribution is -2.48. The Morgan fingerprint density at radius 2 is 1.78 bits per heavy atom. The molecule has 0 saturated heterocycles. The van der Waals surface area contributed by atoms with Gasteiger partial charge in [0.2, 0.25) is 5.91 Å². The number of hydrogen-bond acceptors (Lipinski definition) is 3. The fourth-order valence-corrected chi connectivity index (χ4v) is 1.37. The van der Waals surface area contributed by atoms with Crippen molar-refractivity contribution in [3.05, 3.63) is 24.3 Å². The quantitative estimate of drug-likeness (QED) is 0.800. The number of hydrogen-bond donors (Lipinski definition) is 2. The predicted octanol–water partition coefficient (Wildman–Crippen LogP) is 1.51. The van der Waals surface area contributed by atoms with Crippen LogP contribution in [0.1, 0.15) is 27.7 Å². The number of nitrogens with one attached hydrogen (secondary N) is 2. The van der Waals surface area contributed by atoms with E-state index in [0.29, 0.717) is 0 Å². The molecule has 2 N–H and O–H groups in total. The van der Waals surface area contributed by atoms with Crippen molar-refractivity contribution in [1.29, 1.82) is 0 Å². The van der Waals surface area contributed by atoms with Gasteiger partial charge in [-0.2, -0.15) is 0 Å². The van der Waals surface area contributed by atoms with E-state index in [2.05, 4.69) is 10.6 Å². The first kappa shape index (κ1) is 14.3. The second kappa shape index (κ2) is 5.71. The van der Waals surface area contributed by atoms with E-state index in [4.69, 9.17) is 4.74 Å². The maximum Gasteiger partial charge on any atom is 0.408 e. The zero-order chi connectivity index (χ0) is 13.8. The molecule has 0 spiro atoms. The van der Waals surface area contributed by atoms with Crippen molar-refractivity contribution in [3.8, 4) is 0 Å². The third-order valence-electron chi connectivity index (χ3n) is 2.18. The molecule has 0 saturated carbocycles. The van der Waals surface area contributed by atoms with Gasteiger partial charge in [0.1, 0.15) is 11.6 Å². The first-order valence-corrected chi connectivity index (χ1v) is 5.93. The Kier molecular flexibility index (Phi) is 4.53. The molecule has 0 unspecified atom stereocenters. The maximum absolute atomic E-state index is 11.8. The molecule has 5 heteroatoms. The molecule has 0 bridgehead atoms. The largest absolute Gasteiger partial charge is 0.444 e. The van der Waals surface area contributed by atoms with Crippen LogP contribution in [0.3, 0.4) is 0 Å². The molecule has 0 aromatic rings. The Bertz CT molecular complexity index is 368. The Hall–Kier alpha value is -1.78. The molecule has 5 nitrogen and oxygen atoms in total. The Balaban J connectivity index is 2.37. The van der Waals surface area contributed by atoms with Crippen molar-refractivity contribution in [1.82, 2.24) is 10.6 Å². The number of alkyl carbamates (subject to hydrolysis) is 1. The van der Waals surface area contributed by atoms with E-state index in [9.17, 15) is 9.59 Å². The van der Waals surface area contributed by atoms with Crippen molar-refractivity contribution >= 4 is 12.0 Å². The predicted molar refractivity (Wildman–Crippen MR) is 69.0 cm³/mol. The third-order valence-corrected chi connectivity index (χ3v) is 2.18. The molecule has 0 aromatic heterocycles. The lowest BCUT2D eigenvalue weighted by atomic mass is 10.2. The van der Waals surface area contributed by atoms with Crippen LogP contribution >= 0.6 is 0 Å². The normalized spacial score (nSPS) is 16.4. The molecule has 1 rings (SSSR count). The minimum absolute atomic E-state index is 0.0969. The summed E-state index contributed by atoms with van der Waals surface area (Å²) in [6.45, 7) is 6.92. The van der Waals surface area contributed by atoms with Crippen molar-refractivity contribution < 1.29 is 14.3 Å². The summed E-state index contributed by atoms with van der Waals surface area (Å²) in [7, 11) is 0. The number of ether oxygens (including phenoxy) is 1. The highest BCUT2D eigenvalue weighted by atomic mass is 16.6. The zero-order valence-electron chi connectivity index (χ0n) is 11.2. The van der Waals surface area contributed by atoms with Crippen LogP contribution in [0, 0.1) is 0 Å². The van der Waals surface area contributed by atoms with Crippen LogP contribution in [0.25, 0.3) is 0 Å². The van der Waals surface area contributed by atoms with Gasteiger partial charge in [0.15, 0.2) is 0 Å². The number of amides is 2. The summed E-state index contributed by atoms with van der Waals surface area (Å²) < 4.78 is 5.07. The average molecular weight is 252 g/mol. The number of carbonyl (C=O) groups is 2. The van der Waals surface area contributed by atoms with Crippen LogP contribution < -0.4 is 10.6 Å². The fourth-order valence-electron chi connectivity index (χ4n) is 1.37. The Morgan fingerprint density at radius 1 is 1.22 bits per heavy atom. The van der Waals surface area contributed by atoms with E-state index in [1.165, 1.54) is 0 Å². The molecule has 1 aliphatic carbocycles. The molecule has 0 aliphatic heterocycles. The van der Waals surface area contributed by atoms with E-state index < -0.39 is 17.7 Å². The lowest BCUT2D eigenvalue weighted by Gasteiger charge is -2.22. The average Bonchev–Trinajstić information content (AvgIpc) is 2.66. The molecule has 0 aromatic carbocycles. The van der Waals surface area contributed by atoms with E-state index in [-0.39, 0.29) is 11.9 Å². The van der Waals surface area contributed by atoms with Gasteiger partial charge < -0.3 is 15.4 Å². The summed E-state index contributed by atoms with van der Waals surface area (Å²) in [6, 6.07) is -0.734. The number of carbonyl (C=O) groups excluding carboxylic acids is 2. The van der Waals surface area contributed by atoms with Gasteiger partial charge in [-0.1, -0.05) is 24.3 Å². The lowest BCUT2D eigenvalue weighted by molar-refractivity contribution is -0.122. The summed E-state index contributed by atoms with van der Waals surface area (Å²) in [5.41, 5.74) is -0.572. The maximum atomic E-state index is 11.8. The SMILES string of the molecule is C[C@@H](NC(=O)OC(C)(C)C)C(=O)NC1C=CC=C1. The summed E-state index contributed by atoms with van der Waals surface area (Å²) in [5, 5.41) is 5.25.